The molecule has 2 rings (SSSR count). The van der Waals surface area contributed by atoms with E-state index in [1.54, 1.807) is 6.92 Å². The van der Waals surface area contributed by atoms with Gasteiger partial charge in [-0.15, -0.1) is 10.2 Å². The fraction of sp³-hybridized carbons (Fsp3) is 0.727. The van der Waals surface area contributed by atoms with Crippen molar-refractivity contribution in [1.82, 2.24) is 15.5 Å². The Kier molecular flexibility index (Phi) is 3.82. The summed E-state index contributed by atoms with van der Waals surface area (Å²) in [4.78, 5) is 11.7. The molecule has 3 N–H and O–H groups in total. The van der Waals surface area contributed by atoms with Crippen molar-refractivity contribution in [2.75, 3.05) is 11.9 Å². The Balaban J connectivity index is 1.89. The number of urea groups is 1. The van der Waals surface area contributed by atoms with Gasteiger partial charge in [-0.25, -0.2) is 4.79 Å². The van der Waals surface area contributed by atoms with Crippen molar-refractivity contribution in [2.45, 2.75) is 44.6 Å². The Morgan fingerprint density at radius 3 is 2.83 bits per heavy atom. The normalized spacial score (nSPS) is 18.2. The minimum atomic E-state index is -0.603. The molecule has 1 unspecified atom stereocenters. The zero-order chi connectivity index (χ0) is 13.2. The van der Waals surface area contributed by atoms with Crippen LogP contribution in [0.15, 0.2) is 0 Å². The van der Waals surface area contributed by atoms with Gasteiger partial charge >= 0.3 is 6.03 Å². The lowest BCUT2D eigenvalue weighted by atomic mass is 10.0. The van der Waals surface area contributed by atoms with Gasteiger partial charge in [0.2, 0.25) is 5.13 Å². The summed E-state index contributed by atoms with van der Waals surface area (Å²) in [5.41, 5.74) is -0.603. The number of carbonyl (C=O) groups excluding carboxylic acids is 1. The fourth-order valence-corrected chi connectivity index (χ4v) is 2.33. The maximum Gasteiger partial charge on any atom is 0.321 e. The molecular formula is C11H18N4O2S. The number of aliphatic hydroxyl groups excluding tert-OH is 1. The molecule has 0 aromatic carbocycles. The largest absolute Gasteiger partial charge is 0.394 e. The lowest BCUT2D eigenvalue weighted by molar-refractivity contribution is 0.172. The van der Waals surface area contributed by atoms with Crippen molar-refractivity contribution in [2.24, 2.45) is 0 Å². The van der Waals surface area contributed by atoms with Crippen molar-refractivity contribution in [3.05, 3.63) is 5.01 Å². The lowest BCUT2D eigenvalue weighted by Crippen LogP contribution is -2.50. The number of carbonyl (C=O) groups is 1. The summed E-state index contributed by atoms with van der Waals surface area (Å²) in [5, 5.41) is 24.1. The number of aliphatic hydroxyl groups is 1. The highest BCUT2D eigenvalue weighted by molar-refractivity contribution is 7.15. The Morgan fingerprint density at radius 2 is 2.28 bits per heavy atom. The maximum atomic E-state index is 11.7. The van der Waals surface area contributed by atoms with E-state index in [9.17, 15) is 9.90 Å². The van der Waals surface area contributed by atoms with E-state index in [0.717, 1.165) is 5.01 Å². The molecule has 0 bridgehead atoms. The molecule has 1 aromatic heterocycles. The topological polar surface area (TPSA) is 87.1 Å². The standard InChI is InChI=1S/C11H18N4O2S/c1-3-11(2,6-16)13-9(17)12-10-15-14-8(18-10)7-4-5-7/h7,16H,3-6H2,1-2H3,(H2,12,13,15,17). The molecule has 0 radical (unpaired) electrons. The zero-order valence-corrected chi connectivity index (χ0v) is 11.4. The van der Waals surface area contributed by atoms with Crippen LogP contribution in [0.5, 0.6) is 0 Å². The quantitative estimate of drug-likeness (QED) is 0.760. The molecule has 1 aliphatic carbocycles. The van der Waals surface area contributed by atoms with Gasteiger partial charge in [0.25, 0.3) is 0 Å². The van der Waals surface area contributed by atoms with Crippen LogP contribution in [0.2, 0.25) is 0 Å². The van der Waals surface area contributed by atoms with E-state index in [-0.39, 0.29) is 12.6 Å². The minimum absolute atomic E-state index is 0.0969. The first-order valence-corrected chi connectivity index (χ1v) is 6.91. The second-order valence-electron chi connectivity index (χ2n) is 4.87. The Morgan fingerprint density at radius 1 is 1.56 bits per heavy atom. The van der Waals surface area contributed by atoms with Crippen LogP contribution in [0.4, 0.5) is 9.93 Å². The zero-order valence-electron chi connectivity index (χ0n) is 10.6. The SMILES string of the molecule is CCC(C)(CO)NC(=O)Nc1nnc(C2CC2)s1. The number of hydrogen-bond acceptors (Lipinski definition) is 5. The molecule has 6 nitrogen and oxygen atoms in total. The molecule has 1 atom stereocenters. The first-order valence-electron chi connectivity index (χ1n) is 6.10. The van der Waals surface area contributed by atoms with Crippen LogP contribution in [0.1, 0.15) is 44.0 Å². The maximum absolute atomic E-state index is 11.7. The van der Waals surface area contributed by atoms with E-state index < -0.39 is 5.54 Å². The second-order valence-corrected chi connectivity index (χ2v) is 5.88. The summed E-state index contributed by atoms with van der Waals surface area (Å²) >= 11 is 1.42. The predicted molar refractivity (Wildman–Crippen MR) is 69.8 cm³/mol. The van der Waals surface area contributed by atoms with Crippen LogP contribution in [0, 0.1) is 0 Å². The molecule has 7 heteroatoms. The summed E-state index contributed by atoms with van der Waals surface area (Å²) in [7, 11) is 0. The number of rotatable bonds is 5. The van der Waals surface area contributed by atoms with Crippen LogP contribution in [0.25, 0.3) is 0 Å². The lowest BCUT2D eigenvalue weighted by Gasteiger charge is -2.26. The van der Waals surface area contributed by atoms with Gasteiger partial charge in [0.15, 0.2) is 0 Å². The van der Waals surface area contributed by atoms with Crippen molar-refractivity contribution < 1.29 is 9.90 Å². The van der Waals surface area contributed by atoms with E-state index in [4.69, 9.17) is 0 Å². The Labute approximate surface area is 110 Å². The molecule has 0 aliphatic heterocycles. The van der Waals surface area contributed by atoms with Crippen LogP contribution >= 0.6 is 11.3 Å². The van der Waals surface area contributed by atoms with Gasteiger partial charge in [0.05, 0.1) is 12.1 Å². The molecular weight excluding hydrogens is 252 g/mol. The van der Waals surface area contributed by atoms with Gasteiger partial charge in [0.1, 0.15) is 5.01 Å². The van der Waals surface area contributed by atoms with Crippen molar-refractivity contribution >= 4 is 22.5 Å². The summed E-state index contributed by atoms with van der Waals surface area (Å²) in [5.74, 6) is 0.541. The van der Waals surface area contributed by atoms with Crippen molar-refractivity contribution in [3.8, 4) is 0 Å². The van der Waals surface area contributed by atoms with Crippen molar-refractivity contribution in [3.63, 3.8) is 0 Å². The van der Waals surface area contributed by atoms with Gasteiger partial charge in [-0.2, -0.15) is 0 Å². The molecule has 1 aliphatic rings. The van der Waals surface area contributed by atoms with Crippen LogP contribution < -0.4 is 10.6 Å². The summed E-state index contributed by atoms with van der Waals surface area (Å²) in [6, 6.07) is -0.355. The van der Waals surface area contributed by atoms with Gasteiger partial charge in [0, 0.05) is 5.92 Å². The highest BCUT2D eigenvalue weighted by Gasteiger charge is 2.28. The molecule has 1 aromatic rings. The number of nitrogens with zero attached hydrogens (tertiary/aromatic N) is 2. The van der Waals surface area contributed by atoms with Crippen LogP contribution in [0.3, 0.4) is 0 Å². The third-order valence-corrected chi connectivity index (χ3v) is 4.13. The molecule has 1 heterocycles. The number of aromatic nitrogens is 2. The third-order valence-electron chi connectivity index (χ3n) is 3.13. The molecule has 100 valence electrons. The van der Waals surface area contributed by atoms with E-state index in [1.807, 2.05) is 6.92 Å². The minimum Gasteiger partial charge on any atom is -0.394 e. The number of hydrogen-bond donors (Lipinski definition) is 3. The van der Waals surface area contributed by atoms with Gasteiger partial charge in [-0.1, -0.05) is 18.3 Å². The molecule has 0 saturated heterocycles. The average Bonchev–Trinajstić information content (AvgIpc) is 3.10. The smallest absolute Gasteiger partial charge is 0.321 e. The molecule has 2 amide bonds. The number of anilines is 1. The number of nitrogens with one attached hydrogen (secondary N) is 2. The monoisotopic (exact) mass is 270 g/mol. The summed E-state index contributed by atoms with van der Waals surface area (Å²) < 4.78 is 0. The number of amides is 2. The van der Waals surface area contributed by atoms with Crippen LogP contribution in [-0.4, -0.2) is 33.5 Å². The highest BCUT2D eigenvalue weighted by Crippen LogP contribution is 2.41. The van der Waals surface area contributed by atoms with Crippen molar-refractivity contribution in [1.29, 1.82) is 0 Å². The Bertz CT molecular complexity index is 426. The van der Waals surface area contributed by atoms with Crippen LogP contribution in [-0.2, 0) is 0 Å². The van der Waals surface area contributed by atoms with Gasteiger partial charge in [-0.3, -0.25) is 5.32 Å². The molecule has 1 saturated carbocycles. The summed E-state index contributed by atoms with van der Waals surface area (Å²) in [6.45, 7) is 3.61. The second kappa shape index (κ2) is 5.19. The highest BCUT2D eigenvalue weighted by atomic mass is 32.1. The van der Waals surface area contributed by atoms with E-state index in [1.165, 1.54) is 24.2 Å². The first kappa shape index (κ1) is 13.2. The van der Waals surface area contributed by atoms with Gasteiger partial charge < -0.3 is 10.4 Å². The first-order chi connectivity index (χ1) is 8.56. The summed E-state index contributed by atoms with van der Waals surface area (Å²) in [6.07, 6.45) is 2.98. The average molecular weight is 270 g/mol. The fourth-order valence-electron chi connectivity index (χ4n) is 1.42. The van der Waals surface area contributed by atoms with E-state index >= 15 is 0 Å². The predicted octanol–water partition coefficient (Wildman–Crippen LogP) is 1.70. The van der Waals surface area contributed by atoms with Gasteiger partial charge in [-0.05, 0) is 26.2 Å². The molecule has 0 spiro atoms. The Hall–Kier alpha value is -1.21. The third kappa shape index (κ3) is 3.17. The van der Waals surface area contributed by atoms with E-state index in [0.29, 0.717) is 17.5 Å². The van der Waals surface area contributed by atoms with E-state index in [2.05, 4.69) is 20.8 Å². The molecule has 1 fully saturated rings. The molecule has 18 heavy (non-hydrogen) atoms.